The maximum atomic E-state index is 13.7. The second-order valence-corrected chi connectivity index (χ2v) is 16.7. The van der Waals surface area contributed by atoms with Crippen molar-refractivity contribution in [2.75, 3.05) is 54.0 Å². The largest absolute Gasteiger partial charge is 0.371 e. The average molecular weight is 797 g/mol. The minimum Gasteiger partial charge on any atom is -0.371 e. The van der Waals surface area contributed by atoms with E-state index in [2.05, 4.69) is 62.3 Å². The molecule has 294 valence electrons. The molecule has 0 saturated carbocycles. The number of nitrogens with one attached hydrogen (secondary N) is 1. The number of carbonyl (C=O) groups is 5. The van der Waals surface area contributed by atoms with Gasteiger partial charge in [0.25, 0.3) is 11.8 Å². The van der Waals surface area contributed by atoms with Crippen LogP contribution in [0.3, 0.4) is 0 Å². The number of pyridine rings is 1. The Labute approximate surface area is 340 Å². The second-order valence-electron chi connectivity index (χ2n) is 16.3. The standard InChI is InChI=1S/C44H41ClN8O5/c1-25(49-14-16-50(17-15-49)30-9-10-32-33(19-30)42(57)53(41(32)56)38-12-13-39(54)48-40(38)55)28-23-51(24-28)29-7-4-26(5-8-29)27-6-11-37-34(18-27)44(2,3)43(58)52(37)31-20-35(45)36(21-46)47-22-31/h4-11,18-20,22,25,28,38H,12-17,23-24H2,1-3H3,(H,48,54,55). The molecule has 4 aromatic rings. The Hall–Kier alpha value is -6.10. The minimum atomic E-state index is -0.979. The fourth-order valence-electron chi connectivity index (χ4n) is 9.04. The van der Waals surface area contributed by atoms with E-state index in [9.17, 15) is 29.2 Å². The first-order valence-corrected chi connectivity index (χ1v) is 20.0. The van der Waals surface area contributed by atoms with E-state index in [1.807, 2.05) is 38.1 Å². The number of hydrogen-bond acceptors (Lipinski definition) is 10. The van der Waals surface area contributed by atoms with Crippen LogP contribution in [-0.4, -0.2) is 95.7 Å². The number of piperidine rings is 1. The number of carbonyl (C=O) groups excluding carboxylic acids is 5. The average Bonchev–Trinajstić information content (AvgIpc) is 3.57. The Morgan fingerprint density at radius 2 is 1.52 bits per heavy atom. The summed E-state index contributed by atoms with van der Waals surface area (Å²) in [6.07, 6.45) is 1.73. The van der Waals surface area contributed by atoms with Crippen LogP contribution in [0.2, 0.25) is 5.02 Å². The smallest absolute Gasteiger partial charge is 0.262 e. The topological polar surface area (TPSA) is 150 Å². The Kier molecular flexibility index (Phi) is 9.09. The van der Waals surface area contributed by atoms with Gasteiger partial charge >= 0.3 is 0 Å². The molecule has 1 N–H and O–H groups in total. The highest BCUT2D eigenvalue weighted by atomic mass is 35.5. The van der Waals surface area contributed by atoms with E-state index in [1.54, 1.807) is 23.1 Å². The zero-order chi connectivity index (χ0) is 40.6. The highest BCUT2D eigenvalue weighted by Crippen LogP contribution is 2.47. The lowest BCUT2D eigenvalue weighted by Crippen LogP contribution is -2.59. The van der Waals surface area contributed by atoms with E-state index in [-0.39, 0.29) is 35.0 Å². The van der Waals surface area contributed by atoms with E-state index >= 15 is 0 Å². The van der Waals surface area contributed by atoms with Gasteiger partial charge in [0, 0.05) is 69.0 Å². The molecule has 0 spiro atoms. The first-order chi connectivity index (χ1) is 27.8. The number of amides is 5. The molecular weight excluding hydrogens is 756 g/mol. The first-order valence-electron chi connectivity index (χ1n) is 19.6. The molecule has 5 aliphatic rings. The summed E-state index contributed by atoms with van der Waals surface area (Å²) in [6.45, 7) is 11.4. The summed E-state index contributed by atoms with van der Waals surface area (Å²) in [5, 5.41) is 11.7. The van der Waals surface area contributed by atoms with Crippen molar-refractivity contribution in [3.05, 3.63) is 100 Å². The van der Waals surface area contributed by atoms with E-state index < -0.39 is 35.1 Å². The Bertz CT molecular complexity index is 2470. The van der Waals surface area contributed by atoms with Crippen molar-refractivity contribution in [3.63, 3.8) is 0 Å². The van der Waals surface area contributed by atoms with E-state index in [1.165, 1.54) is 11.9 Å². The number of hydrogen-bond donors (Lipinski definition) is 1. The molecule has 6 heterocycles. The van der Waals surface area contributed by atoms with Gasteiger partial charge in [-0.2, -0.15) is 5.26 Å². The lowest BCUT2D eigenvalue weighted by atomic mass is 9.84. The summed E-state index contributed by atoms with van der Waals surface area (Å²) in [5.74, 6) is -1.55. The maximum Gasteiger partial charge on any atom is 0.262 e. The monoisotopic (exact) mass is 796 g/mol. The van der Waals surface area contributed by atoms with Crippen LogP contribution < -0.4 is 20.0 Å². The summed E-state index contributed by atoms with van der Waals surface area (Å²) in [4.78, 5) is 78.2. The molecule has 13 nitrogen and oxygen atoms in total. The molecular formula is C44H41ClN8O5. The molecule has 9 rings (SSSR count). The van der Waals surface area contributed by atoms with Gasteiger partial charge in [-0.25, -0.2) is 4.98 Å². The maximum absolute atomic E-state index is 13.7. The molecule has 3 fully saturated rings. The van der Waals surface area contributed by atoms with Gasteiger partial charge in [-0.05, 0) is 92.4 Å². The minimum absolute atomic E-state index is 0.0851. The fraction of sp³-hybridized carbons (Fsp3) is 0.341. The number of fused-ring (bicyclic) bond motifs is 2. The summed E-state index contributed by atoms with van der Waals surface area (Å²) in [7, 11) is 0. The number of nitrogens with zero attached hydrogens (tertiary/aromatic N) is 7. The highest BCUT2D eigenvalue weighted by molar-refractivity contribution is 6.32. The molecule has 5 aliphatic heterocycles. The van der Waals surface area contributed by atoms with Crippen LogP contribution >= 0.6 is 11.6 Å². The fourth-order valence-corrected chi connectivity index (χ4v) is 9.24. The number of halogens is 1. The summed E-state index contributed by atoms with van der Waals surface area (Å²) >= 11 is 6.28. The predicted molar refractivity (Wildman–Crippen MR) is 218 cm³/mol. The number of rotatable bonds is 7. The number of nitriles is 1. The Morgan fingerprint density at radius 1 is 0.828 bits per heavy atom. The number of piperazine rings is 1. The number of anilines is 4. The van der Waals surface area contributed by atoms with Crippen molar-refractivity contribution in [1.29, 1.82) is 5.26 Å². The summed E-state index contributed by atoms with van der Waals surface area (Å²) in [5.41, 5.74) is 6.28. The quantitative estimate of drug-likeness (QED) is 0.245. The molecule has 58 heavy (non-hydrogen) atoms. The van der Waals surface area contributed by atoms with Gasteiger partial charge in [0.1, 0.15) is 12.1 Å². The van der Waals surface area contributed by atoms with Gasteiger partial charge in [0.2, 0.25) is 17.7 Å². The van der Waals surface area contributed by atoms with Gasteiger partial charge in [-0.15, -0.1) is 0 Å². The van der Waals surface area contributed by atoms with Crippen LogP contribution in [0, 0.1) is 17.2 Å². The molecule has 0 aliphatic carbocycles. The van der Waals surface area contributed by atoms with Crippen molar-refractivity contribution >= 4 is 63.9 Å². The molecule has 2 unspecified atom stereocenters. The van der Waals surface area contributed by atoms with Crippen molar-refractivity contribution < 1.29 is 24.0 Å². The number of benzene rings is 3. The van der Waals surface area contributed by atoms with Crippen LogP contribution in [0.5, 0.6) is 0 Å². The molecule has 14 heteroatoms. The van der Waals surface area contributed by atoms with Gasteiger partial charge in [-0.3, -0.25) is 44.0 Å². The van der Waals surface area contributed by atoms with Crippen LogP contribution in [0.15, 0.2) is 72.9 Å². The van der Waals surface area contributed by atoms with Gasteiger partial charge < -0.3 is 9.80 Å². The van der Waals surface area contributed by atoms with Gasteiger partial charge in [0.15, 0.2) is 5.69 Å². The van der Waals surface area contributed by atoms with E-state index in [4.69, 9.17) is 11.6 Å². The molecule has 1 aromatic heterocycles. The SMILES string of the molecule is CC(C1CN(c2ccc(-c3ccc4c(c3)C(C)(C)C(=O)N4c3cnc(C#N)c(Cl)c3)cc2)C1)N1CCN(c2ccc3c(c2)C(=O)N(C2CCC(=O)NC2=O)C3=O)CC1. The first kappa shape index (κ1) is 37.5. The third-order valence-corrected chi connectivity index (χ3v) is 13.0. The second kappa shape index (κ2) is 14.1. The lowest BCUT2D eigenvalue weighted by molar-refractivity contribution is -0.136. The summed E-state index contributed by atoms with van der Waals surface area (Å²) in [6, 6.07) is 23.0. The van der Waals surface area contributed by atoms with E-state index in [0.717, 1.165) is 72.2 Å². The van der Waals surface area contributed by atoms with Gasteiger partial charge in [-0.1, -0.05) is 29.8 Å². The van der Waals surface area contributed by atoms with Crippen molar-refractivity contribution in [2.45, 2.75) is 51.1 Å². The zero-order valence-electron chi connectivity index (χ0n) is 32.4. The van der Waals surface area contributed by atoms with Crippen LogP contribution in [-0.2, 0) is 19.8 Å². The molecule has 3 saturated heterocycles. The normalized spacial score (nSPS) is 21.2. The van der Waals surface area contributed by atoms with Crippen LogP contribution in [0.1, 0.15) is 65.6 Å². The number of imide groups is 2. The third-order valence-electron chi connectivity index (χ3n) is 12.7. The van der Waals surface area contributed by atoms with Crippen molar-refractivity contribution in [1.82, 2.24) is 20.1 Å². The molecule has 0 radical (unpaired) electrons. The Morgan fingerprint density at radius 3 is 2.21 bits per heavy atom. The van der Waals surface area contributed by atoms with E-state index in [0.29, 0.717) is 23.2 Å². The van der Waals surface area contributed by atoms with Crippen LogP contribution in [0.25, 0.3) is 11.1 Å². The molecule has 0 bridgehead atoms. The highest BCUT2D eigenvalue weighted by Gasteiger charge is 2.46. The summed E-state index contributed by atoms with van der Waals surface area (Å²) < 4.78 is 0. The van der Waals surface area contributed by atoms with Crippen LogP contribution in [0.4, 0.5) is 22.7 Å². The third kappa shape index (κ3) is 6.10. The zero-order valence-corrected chi connectivity index (χ0v) is 33.1. The molecule has 3 aromatic carbocycles. The molecule has 2 atom stereocenters. The Balaban J connectivity index is 0.801. The van der Waals surface area contributed by atoms with Gasteiger partial charge in [0.05, 0.1) is 39.1 Å². The van der Waals surface area contributed by atoms with Crippen molar-refractivity contribution in [2.24, 2.45) is 5.92 Å². The molecule has 5 amide bonds. The van der Waals surface area contributed by atoms with Crippen molar-refractivity contribution in [3.8, 4) is 17.2 Å². The number of aromatic nitrogens is 1. The predicted octanol–water partition coefficient (Wildman–Crippen LogP) is 5.28. The lowest BCUT2D eigenvalue weighted by Gasteiger charge is -2.49.